The molecular weight excluding hydrogens is 374 g/mol. The molecule has 0 atom stereocenters. The second-order valence-electron chi connectivity index (χ2n) is 7.89. The molecule has 0 bridgehead atoms. The van der Waals surface area contributed by atoms with Crippen LogP contribution in [0.5, 0.6) is 0 Å². The summed E-state index contributed by atoms with van der Waals surface area (Å²) < 4.78 is 5.38. The van der Waals surface area contributed by atoms with Crippen LogP contribution >= 0.6 is 0 Å². The fourth-order valence-corrected chi connectivity index (χ4v) is 4.17. The topological polar surface area (TPSA) is 39.9 Å². The molecule has 0 aliphatic carbocycles. The van der Waals surface area contributed by atoms with Gasteiger partial charge in [0, 0.05) is 26.2 Å². The van der Waals surface area contributed by atoms with E-state index < -0.39 is 0 Å². The molecule has 0 N–H and O–H groups in total. The number of nitrogens with zero attached hydrogens (tertiary/aromatic N) is 3. The summed E-state index contributed by atoms with van der Waals surface area (Å²) in [5.41, 5.74) is 2.59. The number of carbonyl (C=O) groups excluding carboxylic acids is 1. The van der Waals surface area contributed by atoms with Gasteiger partial charge < -0.3 is 9.32 Å². The zero-order valence-electron chi connectivity index (χ0n) is 17.5. The average Bonchev–Trinajstić information content (AvgIpc) is 3.29. The smallest absolute Gasteiger partial charge is 0.236 e. The lowest BCUT2D eigenvalue weighted by Crippen LogP contribution is -2.51. The maximum atomic E-state index is 12.8. The predicted octanol–water partition coefficient (Wildman–Crippen LogP) is 3.65. The quantitative estimate of drug-likeness (QED) is 0.604. The van der Waals surface area contributed by atoms with Gasteiger partial charge in [0.2, 0.25) is 5.91 Å². The van der Waals surface area contributed by atoms with E-state index in [4.69, 9.17) is 4.42 Å². The molecule has 156 valence electrons. The van der Waals surface area contributed by atoms with Gasteiger partial charge in [-0.1, -0.05) is 60.7 Å². The highest BCUT2D eigenvalue weighted by molar-refractivity contribution is 5.78. The summed E-state index contributed by atoms with van der Waals surface area (Å²) >= 11 is 0. The van der Waals surface area contributed by atoms with E-state index in [2.05, 4.69) is 65.6 Å². The Kier molecular flexibility index (Phi) is 6.62. The van der Waals surface area contributed by atoms with Crippen LogP contribution in [0.15, 0.2) is 83.5 Å². The summed E-state index contributed by atoms with van der Waals surface area (Å²) in [6.45, 7) is 4.28. The molecule has 1 aromatic heterocycles. The minimum absolute atomic E-state index is 0.180. The molecule has 2 heterocycles. The van der Waals surface area contributed by atoms with Crippen LogP contribution in [0, 0.1) is 0 Å². The number of hydrogen-bond donors (Lipinski definition) is 0. The number of likely N-dealkylation sites (N-methyl/N-ethyl adjacent to an activating group) is 1. The number of piperazine rings is 1. The van der Waals surface area contributed by atoms with Crippen molar-refractivity contribution < 1.29 is 9.21 Å². The third-order valence-corrected chi connectivity index (χ3v) is 5.67. The summed E-state index contributed by atoms with van der Waals surface area (Å²) in [7, 11) is 1.96. The minimum atomic E-state index is 0.180. The Hall–Kier alpha value is -2.89. The predicted molar refractivity (Wildman–Crippen MR) is 118 cm³/mol. The number of rotatable bonds is 7. The minimum Gasteiger partial charge on any atom is -0.468 e. The van der Waals surface area contributed by atoms with E-state index in [0.717, 1.165) is 31.9 Å². The van der Waals surface area contributed by atoms with E-state index in [1.165, 1.54) is 11.1 Å². The third-order valence-electron chi connectivity index (χ3n) is 5.67. The molecule has 1 amide bonds. The van der Waals surface area contributed by atoms with Gasteiger partial charge in [0.25, 0.3) is 0 Å². The molecule has 1 aliphatic heterocycles. The van der Waals surface area contributed by atoms with Crippen molar-refractivity contribution in [1.29, 1.82) is 0 Å². The van der Waals surface area contributed by atoms with E-state index in [-0.39, 0.29) is 11.9 Å². The molecule has 1 fully saturated rings. The fraction of sp³-hybridized carbons (Fsp3) is 0.320. The van der Waals surface area contributed by atoms with Crippen LogP contribution in [0.25, 0.3) is 0 Å². The van der Waals surface area contributed by atoms with Crippen molar-refractivity contribution in [3.8, 4) is 0 Å². The molecule has 4 rings (SSSR count). The lowest BCUT2D eigenvalue weighted by molar-refractivity contribution is -0.134. The average molecular weight is 404 g/mol. The molecule has 5 heteroatoms. The number of amides is 1. The van der Waals surface area contributed by atoms with E-state index in [0.29, 0.717) is 13.1 Å². The molecule has 0 radical (unpaired) electrons. The number of hydrogen-bond acceptors (Lipinski definition) is 4. The van der Waals surface area contributed by atoms with Crippen molar-refractivity contribution in [3.63, 3.8) is 0 Å². The van der Waals surface area contributed by atoms with Crippen LogP contribution in [0.1, 0.15) is 22.9 Å². The Bertz CT molecular complexity index is 865. The molecule has 0 spiro atoms. The summed E-state index contributed by atoms with van der Waals surface area (Å²) in [5.74, 6) is 1.06. The Labute approximate surface area is 178 Å². The molecular formula is C25H29N3O2. The van der Waals surface area contributed by atoms with Crippen molar-refractivity contribution in [2.45, 2.75) is 12.6 Å². The van der Waals surface area contributed by atoms with Gasteiger partial charge in [-0.25, -0.2) is 0 Å². The molecule has 0 saturated carbocycles. The summed E-state index contributed by atoms with van der Waals surface area (Å²) in [4.78, 5) is 19.3. The molecule has 30 heavy (non-hydrogen) atoms. The van der Waals surface area contributed by atoms with Gasteiger partial charge in [-0.3, -0.25) is 14.6 Å². The van der Waals surface area contributed by atoms with Crippen LogP contribution in [0.3, 0.4) is 0 Å². The Morgan fingerprint density at radius 2 is 1.50 bits per heavy atom. The largest absolute Gasteiger partial charge is 0.468 e. The summed E-state index contributed by atoms with van der Waals surface area (Å²) in [6, 6.07) is 25.3. The first kappa shape index (κ1) is 20.4. The number of carbonyl (C=O) groups is 1. The summed E-state index contributed by atoms with van der Waals surface area (Å²) in [5, 5.41) is 0. The first-order valence-corrected chi connectivity index (χ1v) is 10.5. The third kappa shape index (κ3) is 4.99. The van der Waals surface area contributed by atoms with Crippen LogP contribution in [-0.4, -0.2) is 60.4 Å². The van der Waals surface area contributed by atoms with Gasteiger partial charge in [-0.2, -0.15) is 0 Å². The molecule has 0 unspecified atom stereocenters. The molecule has 2 aromatic carbocycles. The van der Waals surface area contributed by atoms with Crippen LogP contribution in [0.4, 0.5) is 0 Å². The Morgan fingerprint density at radius 1 is 0.900 bits per heavy atom. The van der Waals surface area contributed by atoms with Crippen molar-refractivity contribution >= 4 is 5.91 Å². The zero-order chi connectivity index (χ0) is 20.8. The van der Waals surface area contributed by atoms with E-state index >= 15 is 0 Å². The van der Waals surface area contributed by atoms with Crippen molar-refractivity contribution in [3.05, 3.63) is 95.9 Å². The SMILES string of the molecule is CN(CC(=O)N1CCN(C(c2ccccc2)c2ccccc2)CC1)Cc1ccco1. The van der Waals surface area contributed by atoms with Gasteiger partial charge in [0.15, 0.2) is 0 Å². The first-order chi connectivity index (χ1) is 14.7. The Balaban J connectivity index is 1.38. The van der Waals surface area contributed by atoms with Gasteiger partial charge in [-0.05, 0) is 30.3 Å². The van der Waals surface area contributed by atoms with Crippen LogP contribution < -0.4 is 0 Å². The van der Waals surface area contributed by atoms with Crippen LogP contribution in [0.2, 0.25) is 0 Å². The maximum absolute atomic E-state index is 12.8. The van der Waals surface area contributed by atoms with Crippen molar-refractivity contribution in [2.75, 3.05) is 39.8 Å². The second-order valence-corrected chi connectivity index (χ2v) is 7.89. The number of furan rings is 1. The van der Waals surface area contributed by atoms with Gasteiger partial charge >= 0.3 is 0 Å². The second kappa shape index (κ2) is 9.74. The Morgan fingerprint density at radius 3 is 2.03 bits per heavy atom. The van der Waals surface area contributed by atoms with Crippen molar-refractivity contribution in [1.82, 2.24) is 14.7 Å². The van der Waals surface area contributed by atoms with Gasteiger partial charge in [0.1, 0.15) is 5.76 Å². The standard InChI is InChI=1S/C25H29N3O2/c1-26(19-23-13-8-18-30-23)20-24(29)27-14-16-28(17-15-27)25(21-9-4-2-5-10-21)22-11-6-3-7-12-22/h2-13,18,25H,14-17,19-20H2,1H3. The van der Waals surface area contributed by atoms with Crippen LogP contribution in [-0.2, 0) is 11.3 Å². The molecule has 1 aliphatic rings. The highest BCUT2D eigenvalue weighted by Crippen LogP contribution is 2.29. The maximum Gasteiger partial charge on any atom is 0.236 e. The van der Waals surface area contributed by atoms with E-state index in [9.17, 15) is 4.79 Å². The van der Waals surface area contributed by atoms with E-state index in [1.807, 2.05) is 29.0 Å². The number of benzene rings is 2. The monoisotopic (exact) mass is 403 g/mol. The molecule has 1 saturated heterocycles. The lowest BCUT2D eigenvalue weighted by atomic mass is 9.96. The fourth-order valence-electron chi connectivity index (χ4n) is 4.17. The molecule has 5 nitrogen and oxygen atoms in total. The summed E-state index contributed by atoms with van der Waals surface area (Å²) in [6.07, 6.45) is 1.67. The normalized spacial score (nSPS) is 15.1. The highest BCUT2D eigenvalue weighted by atomic mass is 16.3. The lowest BCUT2D eigenvalue weighted by Gasteiger charge is -2.40. The van der Waals surface area contributed by atoms with E-state index in [1.54, 1.807) is 6.26 Å². The van der Waals surface area contributed by atoms with Gasteiger partial charge in [-0.15, -0.1) is 0 Å². The first-order valence-electron chi connectivity index (χ1n) is 10.5. The van der Waals surface area contributed by atoms with Crippen molar-refractivity contribution in [2.24, 2.45) is 0 Å². The highest BCUT2D eigenvalue weighted by Gasteiger charge is 2.28. The zero-order valence-corrected chi connectivity index (χ0v) is 17.5. The molecule has 3 aromatic rings. The van der Waals surface area contributed by atoms with Gasteiger partial charge in [0.05, 0.1) is 25.4 Å².